The van der Waals surface area contributed by atoms with E-state index in [1.807, 2.05) is 23.7 Å². The molecule has 0 spiro atoms. The standard InChI is InChI=1S/C17H22N4O4/c1-11-19-17-5-2-12(8-21(17)20-11)18-7-13(22)9-23-14-3-4-15-16(6-14)25-10-24-15/h3-4,6,12-13,18,22H,2,5,7-10H2,1H3/t12-,13-/m0/s1. The molecule has 0 amide bonds. The largest absolute Gasteiger partial charge is 0.491 e. The molecule has 0 saturated carbocycles. The molecule has 0 radical (unpaired) electrons. The summed E-state index contributed by atoms with van der Waals surface area (Å²) in [5.41, 5.74) is 0. The van der Waals surface area contributed by atoms with Crippen molar-refractivity contribution >= 4 is 0 Å². The molecule has 0 bridgehead atoms. The molecule has 0 fully saturated rings. The van der Waals surface area contributed by atoms with Gasteiger partial charge >= 0.3 is 0 Å². The maximum Gasteiger partial charge on any atom is 0.231 e. The zero-order chi connectivity index (χ0) is 17.2. The molecule has 2 aliphatic heterocycles. The molecule has 8 heteroatoms. The maximum atomic E-state index is 10.2. The van der Waals surface area contributed by atoms with E-state index in [1.165, 1.54) is 0 Å². The molecule has 3 heterocycles. The number of aryl methyl sites for hydroxylation is 2. The van der Waals surface area contributed by atoms with E-state index in [9.17, 15) is 5.11 Å². The molecule has 0 saturated heterocycles. The Kier molecular flexibility index (Phi) is 4.46. The average molecular weight is 346 g/mol. The molecule has 2 aliphatic rings. The normalized spacial score (nSPS) is 19.5. The van der Waals surface area contributed by atoms with Crippen molar-refractivity contribution in [3.8, 4) is 17.2 Å². The molecule has 25 heavy (non-hydrogen) atoms. The number of hydrogen-bond donors (Lipinski definition) is 2. The van der Waals surface area contributed by atoms with E-state index < -0.39 is 6.10 Å². The lowest BCUT2D eigenvalue weighted by Gasteiger charge is -2.24. The second-order valence-electron chi connectivity index (χ2n) is 6.38. The average Bonchev–Trinajstić information content (AvgIpc) is 3.22. The number of hydrogen-bond acceptors (Lipinski definition) is 7. The van der Waals surface area contributed by atoms with E-state index in [2.05, 4.69) is 15.4 Å². The highest BCUT2D eigenvalue weighted by molar-refractivity contribution is 5.46. The van der Waals surface area contributed by atoms with Gasteiger partial charge in [-0.05, 0) is 25.5 Å². The van der Waals surface area contributed by atoms with Gasteiger partial charge in [0.2, 0.25) is 6.79 Å². The number of rotatable bonds is 6. The number of aliphatic hydroxyl groups excluding tert-OH is 1. The van der Waals surface area contributed by atoms with Gasteiger partial charge in [-0.1, -0.05) is 0 Å². The second kappa shape index (κ2) is 6.89. The number of nitrogens with zero attached hydrogens (tertiary/aromatic N) is 3. The molecule has 2 atom stereocenters. The third-order valence-electron chi connectivity index (χ3n) is 4.39. The monoisotopic (exact) mass is 346 g/mol. The molecular weight excluding hydrogens is 324 g/mol. The number of aliphatic hydroxyl groups is 1. The number of fused-ring (bicyclic) bond motifs is 2. The smallest absolute Gasteiger partial charge is 0.231 e. The maximum absolute atomic E-state index is 10.2. The number of ether oxygens (including phenoxy) is 3. The van der Waals surface area contributed by atoms with E-state index in [-0.39, 0.29) is 19.4 Å². The van der Waals surface area contributed by atoms with Crippen LogP contribution in [-0.4, -0.2) is 52.0 Å². The van der Waals surface area contributed by atoms with Crippen molar-refractivity contribution in [2.24, 2.45) is 0 Å². The van der Waals surface area contributed by atoms with Crippen molar-refractivity contribution in [1.29, 1.82) is 0 Å². The van der Waals surface area contributed by atoms with Gasteiger partial charge in [0, 0.05) is 25.1 Å². The fourth-order valence-electron chi connectivity index (χ4n) is 3.12. The highest BCUT2D eigenvalue weighted by Gasteiger charge is 2.21. The van der Waals surface area contributed by atoms with Crippen LogP contribution in [0, 0.1) is 6.92 Å². The number of benzene rings is 1. The predicted octanol–water partition coefficient (Wildman–Crippen LogP) is 0.660. The number of nitrogens with one attached hydrogen (secondary N) is 1. The summed E-state index contributed by atoms with van der Waals surface area (Å²) in [6.45, 7) is 3.61. The Bertz CT molecular complexity index is 748. The summed E-state index contributed by atoms with van der Waals surface area (Å²) in [7, 11) is 0. The van der Waals surface area contributed by atoms with Crippen LogP contribution in [0.1, 0.15) is 18.1 Å². The van der Waals surface area contributed by atoms with Crippen LogP contribution < -0.4 is 19.5 Å². The number of aromatic nitrogens is 3. The lowest BCUT2D eigenvalue weighted by molar-refractivity contribution is 0.101. The lowest BCUT2D eigenvalue weighted by atomic mass is 10.1. The Morgan fingerprint density at radius 2 is 2.28 bits per heavy atom. The summed E-state index contributed by atoms with van der Waals surface area (Å²) >= 11 is 0. The van der Waals surface area contributed by atoms with Crippen LogP contribution in [-0.2, 0) is 13.0 Å². The van der Waals surface area contributed by atoms with Crippen LogP contribution in [0.15, 0.2) is 18.2 Å². The predicted molar refractivity (Wildman–Crippen MR) is 88.9 cm³/mol. The first-order chi connectivity index (χ1) is 12.2. The Labute approximate surface area is 145 Å². The van der Waals surface area contributed by atoms with Gasteiger partial charge in [0.25, 0.3) is 0 Å². The van der Waals surface area contributed by atoms with E-state index in [4.69, 9.17) is 14.2 Å². The topological polar surface area (TPSA) is 90.7 Å². The van der Waals surface area contributed by atoms with Crippen LogP contribution in [0.25, 0.3) is 0 Å². The lowest BCUT2D eigenvalue weighted by Crippen LogP contribution is -2.42. The van der Waals surface area contributed by atoms with Crippen LogP contribution in [0.5, 0.6) is 17.2 Å². The molecule has 134 valence electrons. The van der Waals surface area contributed by atoms with Gasteiger partial charge in [0.05, 0.1) is 6.54 Å². The third-order valence-corrected chi connectivity index (χ3v) is 4.39. The van der Waals surface area contributed by atoms with Crippen molar-refractivity contribution < 1.29 is 19.3 Å². The highest BCUT2D eigenvalue weighted by atomic mass is 16.7. The van der Waals surface area contributed by atoms with E-state index in [0.717, 1.165) is 36.8 Å². The van der Waals surface area contributed by atoms with Gasteiger partial charge in [-0.15, -0.1) is 0 Å². The van der Waals surface area contributed by atoms with Gasteiger partial charge in [-0.25, -0.2) is 9.67 Å². The summed E-state index contributed by atoms with van der Waals surface area (Å²) in [6, 6.07) is 5.68. The Morgan fingerprint density at radius 3 is 3.20 bits per heavy atom. The molecule has 0 aliphatic carbocycles. The fourth-order valence-corrected chi connectivity index (χ4v) is 3.12. The Balaban J connectivity index is 1.22. The minimum absolute atomic E-state index is 0.215. The van der Waals surface area contributed by atoms with Gasteiger partial charge in [-0.2, -0.15) is 5.10 Å². The Morgan fingerprint density at radius 1 is 1.40 bits per heavy atom. The van der Waals surface area contributed by atoms with Gasteiger partial charge < -0.3 is 24.6 Å². The minimum atomic E-state index is -0.593. The Hall–Kier alpha value is -2.32. The summed E-state index contributed by atoms with van der Waals surface area (Å²) in [5, 5.41) is 17.9. The van der Waals surface area contributed by atoms with Crippen molar-refractivity contribution in [3.63, 3.8) is 0 Å². The van der Waals surface area contributed by atoms with Crippen molar-refractivity contribution in [2.75, 3.05) is 19.9 Å². The second-order valence-corrected chi connectivity index (χ2v) is 6.38. The molecule has 2 N–H and O–H groups in total. The first-order valence-corrected chi connectivity index (χ1v) is 8.51. The van der Waals surface area contributed by atoms with Gasteiger partial charge in [0.15, 0.2) is 11.5 Å². The zero-order valence-electron chi connectivity index (χ0n) is 14.1. The summed E-state index contributed by atoms with van der Waals surface area (Å²) < 4.78 is 18.2. The molecule has 1 aromatic carbocycles. The summed E-state index contributed by atoms with van der Waals surface area (Å²) in [5.74, 6) is 3.90. The molecule has 0 unspecified atom stereocenters. The molecule has 2 aromatic rings. The first kappa shape index (κ1) is 16.2. The quantitative estimate of drug-likeness (QED) is 0.794. The fraction of sp³-hybridized carbons (Fsp3) is 0.529. The van der Waals surface area contributed by atoms with Crippen molar-refractivity contribution in [2.45, 2.75) is 38.5 Å². The highest BCUT2D eigenvalue weighted by Crippen LogP contribution is 2.35. The third kappa shape index (κ3) is 3.69. The molecule has 1 aromatic heterocycles. The van der Waals surface area contributed by atoms with Crippen LogP contribution in [0.2, 0.25) is 0 Å². The van der Waals surface area contributed by atoms with Gasteiger partial charge in [0.1, 0.15) is 30.1 Å². The minimum Gasteiger partial charge on any atom is -0.491 e. The summed E-state index contributed by atoms with van der Waals surface area (Å²) in [6.07, 6.45) is 1.31. The molecule has 4 rings (SSSR count). The molecule has 8 nitrogen and oxygen atoms in total. The van der Waals surface area contributed by atoms with E-state index >= 15 is 0 Å². The van der Waals surface area contributed by atoms with Crippen LogP contribution >= 0.6 is 0 Å². The zero-order valence-corrected chi connectivity index (χ0v) is 14.1. The van der Waals surface area contributed by atoms with Crippen LogP contribution in [0.4, 0.5) is 0 Å². The van der Waals surface area contributed by atoms with Crippen molar-refractivity contribution in [3.05, 3.63) is 29.8 Å². The van der Waals surface area contributed by atoms with E-state index in [0.29, 0.717) is 18.0 Å². The van der Waals surface area contributed by atoms with Crippen LogP contribution in [0.3, 0.4) is 0 Å². The summed E-state index contributed by atoms with van der Waals surface area (Å²) in [4.78, 5) is 4.40. The van der Waals surface area contributed by atoms with Crippen molar-refractivity contribution in [1.82, 2.24) is 20.1 Å². The SMILES string of the molecule is Cc1nc2n(n1)C[C@@H](NC[C@H](O)COc1ccc3c(c1)OCO3)CC2. The van der Waals surface area contributed by atoms with Gasteiger partial charge in [-0.3, -0.25) is 0 Å². The van der Waals surface area contributed by atoms with E-state index in [1.54, 1.807) is 6.07 Å². The first-order valence-electron chi connectivity index (χ1n) is 8.51. The molecular formula is C17H22N4O4.